The number of carbonyl (C=O) groups excluding carboxylic acids is 2. The van der Waals surface area contributed by atoms with Crippen LogP contribution in [0.3, 0.4) is 0 Å². The minimum atomic E-state index is -0.734. The van der Waals surface area contributed by atoms with E-state index in [0.29, 0.717) is 17.0 Å². The molecule has 1 N–H and O–H groups in total. The van der Waals surface area contributed by atoms with Crippen LogP contribution in [0, 0.1) is 10.5 Å². The highest BCUT2D eigenvalue weighted by Gasteiger charge is 2.35. The number of hydrogen-bond acceptors (Lipinski definition) is 3. The molecule has 1 aliphatic heterocycles. The molecule has 2 amide bonds. The fourth-order valence-electron chi connectivity index (χ4n) is 3.31. The molecular weight excluding hydrogens is 467 g/mol. The number of amides is 2. The summed E-state index contributed by atoms with van der Waals surface area (Å²) in [5.41, 5.74) is 2.38. The molecule has 2 aromatic rings. The van der Waals surface area contributed by atoms with E-state index in [9.17, 15) is 9.59 Å². The van der Waals surface area contributed by atoms with Crippen LogP contribution in [-0.2, 0) is 4.79 Å². The van der Waals surface area contributed by atoms with Crippen molar-refractivity contribution in [2.45, 2.75) is 45.8 Å². The van der Waals surface area contributed by atoms with Crippen molar-refractivity contribution < 1.29 is 14.3 Å². The molecule has 28 heavy (non-hydrogen) atoms. The lowest BCUT2D eigenvalue weighted by molar-refractivity contribution is -0.128. The van der Waals surface area contributed by atoms with Gasteiger partial charge in [-0.2, -0.15) is 0 Å². The van der Waals surface area contributed by atoms with Crippen LogP contribution in [0.2, 0.25) is 0 Å². The number of benzene rings is 2. The van der Waals surface area contributed by atoms with Gasteiger partial charge in [-0.1, -0.05) is 38.1 Å². The highest BCUT2D eigenvalue weighted by atomic mass is 127. The van der Waals surface area contributed by atoms with Gasteiger partial charge < -0.3 is 15.0 Å². The maximum atomic E-state index is 13.4. The molecule has 1 unspecified atom stereocenters. The monoisotopic (exact) mass is 492 g/mol. The molecule has 2 aromatic carbocycles. The maximum Gasteiger partial charge on any atom is 0.263 e. The predicted molar refractivity (Wildman–Crippen MR) is 119 cm³/mol. The fraction of sp³-hybridized carbons (Fsp3) is 0.364. The van der Waals surface area contributed by atoms with Crippen LogP contribution in [0.25, 0.3) is 0 Å². The lowest BCUT2D eigenvalue weighted by Gasteiger charge is -2.35. The third-order valence-electron chi connectivity index (χ3n) is 5.07. The van der Waals surface area contributed by atoms with E-state index in [1.165, 1.54) is 0 Å². The molecule has 6 heteroatoms. The van der Waals surface area contributed by atoms with Crippen LogP contribution >= 0.6 is 22.6 Å². The maximum absolute atomic E-state index is 13.4. The Labute approximate surface area is 179 Å². The van der Waals surface area contributed by atoms with Crippen LogP contribution in [0.4, 0.5) is 5.69 Å². The number of hydrogen-bond donors (Lipinski definition) is 1. The zero-order valence-electron chi connectivity index (χ0n) is 16.4. The van der Waals surface area contributed by atoms with E-state index >= 15 is 0 Å². The van der Waals surface area contributed by atoms with Gasteiger partial charge in [0.2, 0.25) is 0 Å². The molecule has 0 saturated heterocycles. The summed E-state index contributed by atoms with van der Waals surface area (Å²) >= 11 is 2.20. The van der Waals surface area contributed by atoms with Crippen LogP contribution in [-0.4, -0.2) is 30.5 Å². The summed E-state index contributed by atoms with van der Waals surface area (Å²) < 4.78 is 6.87. The van der Waals surface area contributed by atoms with Crippen molar-refractivity contribution in [1.82, 2.24) is 5.32 Å². The Morgan fingerprint density at radius 3 is 2.61 bits per heavy atom. The lowest BCUT2D eigenvalue weighted by atomic mass is 10.1. The van der Waals surface area contributed by atoms with Crippen molar-refractivity contribution >= 4 is 40.1 Å². The summed E-state index contributed by atoms with van der Waals surface area (Å²) in [5.74, 6) is 0.249. The Morgan fingerprint density at radius 2 is 1.89 bits per heavy atom. The molecule has 0 fully saturated rings. The number of nitrogens with zero attached hydrogens (tertiary/aromatic N) is 1. The van der Waals surface area contributed by atoms with Gasteiger partial charge in [0.05, 0.1) is 17.8 Å². The first-order valence-electron chi connectivity index (χ1n) is 9.59. The minimum absolute atomic E-state index is 0.107. The normalized spacial score (nSPS) is 15.8. The molecule has 0 bridgehead atoms. The number of rotatable bonds is 5. The molecule has 0 aromatic heterocycles. The van der Waals surface area contributed by atoms with Crippen molar-refractivity contribution in [2.75, 3.05) is 11.4 Å². The van der Waals surface area contributed by atoms with Crippen molar-refractivity contribution in [3.8, 4) is 5.75 Å². The second-order valence-electron chi connectivity index (χ2n) is 6.95. The van der Waals surface area contributed by atoms with Crippen LogP contribution in [0.5, 0.6) is 5.75 Å². The average molecular weight is 492 g/mol. The highest BCUT2D eigenvalue weighted by Crippen LogP contribution is 2.35. The molecule has 5 nitrogen and oxygen atoms in total. The van der Waals surface area contributed by atoms with Crippen molar-refractivity contribution in [1.29, 1.82) is 0 Å². The van der Waals surface area contributed by atoms with Gasteiger partial charge in [0, 0.05) is 9.61 Å². The molecule has 1 heterocycles. The molecule has 1 aliphatic rings. The lowest BCUT2D eigenvalue weighted by Crippen LogP contribution is -2.52. The van der Waals surface area contributed by atoms with Gasteiger partial charge in [-0.05, 0) is 66.1 Å². The van der Waals surface area contributed by atoms with Gasteiger partial charge in [-0.15, -0.1) is 0 Å². The average Bonchev–Trinajstić information content (AvgIpc) is 2.72. The van der Waals surface area contributed by atoms with Crippen LogP contribution in [0.15, 0.2) is 42.5 Å². The number of halogens is 1. The smallest absolute Gasteiger partial charge is 0.263 e. The number of carbonyl (C=O) groups is 2. The SMILES string of the molecule is CCC(CC)NC(=O)C1CN(C(=O)c2cccc(C)c2I)c2ccccc2O1. The van der Waals surface area contributed by atoms with Gasteiger partial charge in [0.1, 0.15) is 5.75 Å². The Balaban J connectivity index is 1.92. The fourth-order valence-corrected chi connectivity index (χ4v) is 3.90. The number of nitrogens with one attached hydrogen (secondary N) is 1. The summed E-state index contributed by atoms with van der Waals surface area (Å²) in [6, 6.07) is 13.2. The Hall–Kier alpha value is -2.09. The molecule has 0 aliphatic carbocycles. The van der Waals surface area contributed by atoms with Gasteiger partial charge in [-0.25, -0.2) is 0 Å². The zero-order chi connectivity index (χ0) is 20.3. The van der Waals surface area contributed by atoms with E-state index in [-0.39, 0.29) is 24.4 Å². The summed E-state index contributed by atoms with van der Waals surface area (Å²) in [5, 5.41) is 3.03. The summed E-state index contributed by atoms with van der Waals surface area (Å²) in [4.78, 5) is 27.8. The van der Waals surface area contributed by atoms with E-state index in [2.05, 4.69) is 27.9 Å². The second-order valence-corrected chi connectivity index (χ2v) is 8.03. The summed E-state index contributed by atoms with van der Waals surface area (Å²) in [6.07, 6.45) is 0.979. The van der Waals surface area contributed by atoms with Crippen molar-refractivity contribution in [3.63, 3.8) is 0 Å². The summed E-state index contributed by atoms with van der Waals surface area (Å²) in [7, 11) is 0. The Kier molecular flexibility index (Phi) is 6.59. The molecule has 0 spiro atoms. The van der Waals surface area contributed by atoms with E-state index in [4.69, 9.17) is 4.74 Å². The minimum Gasteiger partial charge on any atom is -0.477 e. The first-order chi connectivity index (χ1) is 13.5. The third-order valence-corrected chi connectivity index (χ3v) is 6.50. The highest BCUT2D eigenvalue weighted by molar-refractivity contribution is 14.1. The second kappa shape index (κ2) is 8.94. The van der Waals surface area contributed by atoms with E-state index in [1.807, 2.05) is 57.2 Å². The zero-order valence-corrected chi connectivity index (χ0v) is 18.5. The van der Waals surface area contributed by atoms with Gasteiger partial charge >= 0.3 is 0 Å². The van der Waals surface area contributed by atoms with Crippen LogP contribution in [0.1, 0.15) is 42.6 Å². The molecular formula is C22H25IN2O3. The third kappa shape index (κ3) is 4.16. The van der Waals surface area contributed by atoms with Gasteiger partial charge in [0.25, 0.3) is 11.8 Å². The number of fused-ring (bicyclic) bond motifs is 1. The number of para-hydroxylation sites is 2. The predicted octanol–water partition coefficient (Wildman–Crippen LogP) is 4.31. The van der Waals surface area contributed by atoms with E-state index in [0.717, 1.165) is 22.0 Å². The molecule has 1 atom stereocenters. The van der Waals surface area contributed by atoms with Gasteiger partial charge in [0.15, 0.2) is 6.10 Å². The first kappa shape index (κ1) is 20.6. The number of ether oxygens (including phenoxy) is 1. The Morgan fingerprint density at radius 1 is 1.18 bits per heavy atom. The van der Waals surface area contributed by atoms with Crippen molar-refractivity contribution in [3.05, 3.63) is 57.2 Å². The topological polar surface area (TPSA) is 58.6 Å². The quantitative estimate of drug-likeness (QED) is 0.633. The Bertz CT molecular complexity index is 880. The van der Waals surface area contributed by atoms with E-state index < -0.39 is 6.10 Å². The first-order valence-corrected chi connectivity index (χ1v) is 10.7. The van der Waals surface area contributed by atoms with Crippen LogP contribution < -0.4 is 15.0 Å². The number of anilines is 1. The largest absolute Gasteiger partial charge is 0.477 e. The molecule has 148 valence electrons. The molecule has 3 rings (SSSR count). The van der Waals surface area contributed by atoms with E-state index in [1.54, 1.807) is 11.0 Å². The summed E-state index contributed by atoms with van der Waals surface area (Å²) in [6.45, 7) is 6.26. The molecule has 0 radical (unpaired) electrons. The molecule has 0 saturated carbocycles. The van der Waals surface area contributed by atoms with Crippen molar-refractivity contribution in [2.24, 2.45) is 0 Å². The van der Waals surface area contributed by atoms with Gasteiger partial charge in [-0.3, -0.25) is 9.59 Å². The standard InChI is InChI=1S/C22H25IN2O3/c1-4-15(5-2)24-21(26)19-13-25(17-11-6-7-12-18(17)28-19)22(27)16-10-8-9-14(3)20(16)23/h6-12,15,19H,4-5,13H2,1-3H3,(H,24,26). The number of aryl methyl sites for hydroxylation is 1.